The van der Waals surface area contributed by atoms with Gasteiger partial charge in [0.05, 0.1) is 6.61 Å². The van der Waals surface area contributed by atoms with Crippen LogP contribution >= 0.6 is 11.8 Å². The van der Waals surface area contributed by atoms with Crippen LogP contribution in [-0.2, 0) is 9.53 Å². The van der Waals surface area contributed by atoms with E-state index in [1.54, 1.807) is 13.8 Å². The van der Waals surface area contributed by atoms with E-state index in [-0.39, 0.29) is 11.5 Å². The molecule has 0 aliphatic carbocycles. The van der Waals surface area contributed by atoms with E-state index < -0.39 is 6.04 Å². The second-order valence-corrected chi connectivity index (χ2v) is 5.27. The number of nitrogens with one attached hydrogen (secondary N) is 2. The third kappa shape index (κ3) is 5.75. The Labute approximate surface area is 122 Å². The zero-order chi connectivity index (χ0) is 15.0. The third-order valence-electron chi connectivity index (χ3n) is 2.45. The molecule has 1 unspecified atom stereocenters. The summed E-state index contributed by atoms with van der Waals surface area (Å²) in [6.45, 7) is 6.66. The number of H-pyrrole nitrogens is 1. The van der Waals surface area contributed by atoms with E-state index in [0.29, 0.717) is 23.2 Å². The molecule has 0 saturated carbocycles. The molecule has 0 amide bonds. The first-order valence-corrected chi connectivity index (χ1v) is 7.66. The van der Waals surface area contributed by atoms with E-state index in [1.165, 1.54) is 17.8 Å². The van der Waals surface area contributed by atoms with E-state index in [4.69, 9.17) is 4.74 Å². The lowest BCUT2D eigenvalue weighted by atomic mass is 10.3. The summed E-state index contributed by atoms with van der Waals surface area (Å²) in [5, 5.41) is 3.65. The van der Waals surface area contributed by atoms with Crippen molar-refractivity contribution < 1.29 is 9.53 Å². The highest BCUT2D eigenvalue weighted by Gasteiger charge is 2.19. The topological polar surface area (TPSA) is 84.1 Å². The van der Waals surface area contributed by atoms with E-state index in [0.717, 1.165) is 13.0 Å². The minimum atomic E-state index is -0.397. The normalized spacial score (nSPS) is 12.2. The van der Waals surface area contributed by atoms with Crippen molar-refractivity contribution in [2.45, 2.75) is 38.4 Å². The molecule has 0 fully saturated rings. The molecule has 2 N–H and O–H groups in total. The van der Waals surface area contributed by atoms with Crippen LogP contribution in [0.25, 0.3) is 0 Å². The van der Waals surface area contributed by atoms with Crippen molar-refractivity contribution in [1.29, 1.82) is 0 Å². The molecule has 112 valence electrons. The summed E-state index contributed by atoms with van der Waals surface area (Å²) in [5.74, 6) is 0.189. The molecule has 0 radical (unpaired) electrons. The SMILES string of the molecule is CCCNC(CSc1nc(C)cc(=O)[nH]1)C(=O)OCC. The summed E-state index contributed by atoms with van der Waals surface area (Å²) in [6, 6.07) is 1.04. The van der Waals surface area contributed by atoms with Gasteiger partial charge in [-0.1, -0.05) is 18.7 Å². The van der Waals surface area contributed by atoms with Crippen LogP contribution in [0.4, 0.5) is 0 Å². The number of carbonyl (C=O) groups excluding carboxylic acids is 1. The zero-order valence-electron chi connectivity index (χ0n) is 12.1. The van der Waals surface area contributed by atoms with Crippen molar-refractivity contribution in [3.63, 3.8) is 0 Å². The molecule has 0 aliphatic heterocycles. The molecule has 6 nitrogen and oxygen atoms in total. The van der Waals surface area contributed by atoms with Gasteiger partial charge < -0.3 is 15.0 Å². The van der Waals surface area contributed by atoms with Crippen molar-refractivity contribution in [3.8, 4) is 0 Å². The number of carbonyl (C=O) groups is 1. The summed E-state index contributed by atoms with van der Waals surface area (Å²) in [5.41, 5.74) is 0.472. The fourth-order valence-electron chi connectivity index (χ4n) is 1.55. The summed E-state index contributed by atoms with van der Waals surface area (Å²) < 4.78 is 5.03. The number of rotatable bonds is 8. The van der Waals surface area contributed by atoms with E-state index in [2.05, 4.69) is 15.3 Å². The minimum absolute atomic E-state index is 0.186. The average Bonchev–Trinajstić information content (AvgIpc) is 2.38. The standard InChI is InChI=1S/C13H21N3O3S/c1-4-6-14-10(12(18)19-5-2)8-20-13-15-9(3)7-11(17)16-13/h7,10,14H,4-6,8H2,1-3H3,(H,15,16,17). The van der Waals surface area contributed by atoms with Gasteiger partial charge in [-0.25, -0.2) is 4.98 Å². The van der Waals surface area contributed by atoms with Crippen molar-refractivity contribution in [2.75, 3.05) is 18.9 Å². The van der Waals surface area contributed by atoms with Gasteiger partial charge in [-0.2, -0.15) is 0 Å². The van der Waals surface area contributed by atoms with Crippen molar-refractivity contribution in [2.24, 2.45) is 0 Å². The van der Waals surface area contributed by atoms with Crippen LogP contribution in [0, 0.1) is 6.92 Å². The number of nitrogens with zero attached hydrogens (tertiary/aromatic N) is 1. The molecule has 1 rings (SSSR count). The number of ether oxygens (including phenoxy) is 1. The molecule has 0 aliphatic rings. The predicted octanol–water partition coefficient (Wildman–Crippen LogP) is 1.10. The molecule has 7 heteroatoms. The van der Waals surface area contributed by atoms with Gasteiger partial charge in [0.2, 0.25) is 0 Å². The predicted molar refractivity (Wildman–Crippen MR) is 79.0 cm³/mol. The largest absolute Gasteiger partial charge is 0.465 e. The molecule has 1 atom stereocenters. The molecule has 0 bridgehead atoms. The summed E-state index contributed by atoms with van der Waals surface area (Å²) in [7, 11) is 0. The Balaban J connectivity index is 2.64. The maximum Gasteiger partial charge on any atom is 0.323 e. The maximum absolute atomic E-state index is 11.8. The Morgan fingerprint density at radius 1 is 1.55 bits per heavy atom. The first kappa shape index (κ1) is 16.7. The third-order valence-corrected chi connectivity index (χ3v) is 3.41. The fourth-order valence-corrected chi connectivity index (χ4v) is 2.51. The Morgan fingerprint density at radius 3 is 2.90 bits per heavy atom. The number of hydrogen-bond acceptors (Lipinski definition) is 6. The Hall–Kier alpha value is -1.34. The van der Waals surface area contributed by atoms with Gasteiger partial charge in [0.1, 0.15) is 6.04 Å². The highest BCUT2D eigenvalue weighted by Crippen LogP contribution is 2.13. The summed E-state index contributed by atoms with van der Waals surface area (Å²) in [6.07, 6.45) is 0.931. The Bertz CT molecular complexity index is 490. The molecular weight excluding hydrogens is 278 g/mol. The van der Waals surface area contributed by atoms with Crippen LogP contribution < -0.4 is 10.9 Å². The minimum Gasteiger partial charge on any atom is -0.465 e. The molecule has 0 saturated heterocycles. The summed E-state index contributed by atoms with van der Waals surface area (Å²) >= 11 is 1.33. The van der Waals surface area contributed by atoms with Gasteiger partial charge in [0.25, 0.3) is 5.56 Å². The van der Waals surface area contributed by atoms with Crippen LogP contribution in [0.1, 0.15) is 26.0 Å². The molecule has 1 aromatic rings. The molecule has 1 aromatic heterocycles. The monoisotopic (exact) mass is 299 g/mol. The van der Waals surface area contributed by atoms with Crippen molar-refractivity contribution in [1.82, 2.24) is 15.3 Å². The Kier molecular flexibility index (Phi) is 7.32. The van der Waals surface area contributed by atoms with Crippen molar-refractivity contribution >= 4 is 17.7 Å². The zero-order valence-corrected chi connectivity index (χ0v) is 12.9. The van der Waals surface area contributed by atoms with Crippen LogP contribution in [0.5, 0.6) is 0 Å². The highest BCUT2D eigenvalue weighted by atomic mass is 32.2. The molecule has 0 spiro atoms. The van der Waals surface area contributed by atoms with Gasteiger partial charge in [0, 0.05) is 17.5 Å². The first-order chi connectivity index (χ1) is 9.56. The van der Waals surface area contributed by atoms with Crippen LogP contribution in [0.2, 0.25) is 0 Å². The van der Waals surface area contributed by atoms with E-state index in [9.17, 15) is 9.59 Å². The lowest BCUT2D eigenvalue weighted by molar-refractivity contribution is -0.144. The van der Waals surface area contributed by atoms with Gasteiger partial charge in [-0.3, -0.25) is 9.59 Å². The quantitative estimate of drug-likeness (QED) is 0.425. The fraction of sp³-hybridized carbons (Fsp3) is 0.615. The van der Waals surface area contributed by atoms with Crippen LogP contribution in [-0.4, -0.2) is 40.9 Å². The van der Waals surface area contributed by atoms with E-state index in [1.807, 2.05) is 6.92 Å². The number of hydrogen-bond donors (Lipinski definition) is 2. The number of esters is 1. The second-order valence-electron chi connectivity index (χ2n) is 4.26. The van der Waals surface area contributed by atoms with Crippen LogP contribution in [0.3, 0.4) is 0 Å². The van der Waals surface area contributed by atoms with Crippen molar-refractivity contribution in [3.05, 3.63) is 22.1 Å². The maximum atomic E-state index is 11.8. The Morgan fingerprint density at radius 2 is 2.30 bits per heavy atom. The number of aryl methyl sites for hydroxylation is 1. The molecule has 0 aromatic carbocycles. The molecular formula is C13H21N3O3S. The number of thioether (sulfide) groups is 1. The van der Waals surface area contributed by atoms with Gasteiger partial charge in [-0.15, -0.1) is 0 Å². The first-order valence-electron chi connectivity index (χ1n) is 6.67. The van der Waals surface area contributed by atoms with E-state index >= 15 is 0 Å². The average molecular weight is 299 g/mol. The van der Waals surface area contributed by atoms with Gasteiger partial charge in [-0.05, 0) is 26.8 Å². The lowest BCUT2D eigenvalue weighted by Crippen LogP contribution is -2.40. The van der Waals surface area contributed by atoms with Crippen LogP contribution in [0.15, 0.2) is 16.0 Å². The highest BCUT2D eigenvalue weighted by molar-refractivity contribution is 7.99. The van der Waals surface area contributed by atoms with Gasteiger partial charge >= 0.3 is 5.97 Å². The summed E-state index contributed by atoms with van der Waals surface area (Å²) in [4.78, 5) is 30.0. The molecule has 1 heterocycles. The number of aromatic nitrogens is 2. The second kappa shape index (κ2) is 8.76. The lowest BCUT2D eigenvalue weighted by Gasteiger charge is -2.16. The number of aromatic amines is 1. The van der Waals surface area contributed by atoms with Gasteiger partial charge in [0.15, 0.2) is 5.16 Å². The smallest absolute Gasteiger partial charge is 0.323 e. The molecule has 20 heavy (non-hydrogen) atoms.